The van der Waals surface area contributed by atoms with Gasteiger partial charge in [-0.25, -0.2) is 0 Å². The van der Waals surface area contributed by atoms with Crippen LogP contribution in [-0.4, -0.2) is 119 Å². The molecule has 0 amide bonds. The van der Waals surface area contributed by atoms with E-state index in [9.17, 15) is 25.2 Å². The average Bonchev–Trinajstić information content (AvgIpc) is 3.52. The van der Waals surface area contributed by atoms with Gasteiger partial charge in [-0.05, 0) is 77.2 Å². The highest BCUT2D eigenvalue weighted by molar-refractivity contribution is 5.89. The number of hydrogen-bond donors (Lipinski definition) is 4. The molecule has 0 bridgehead atoms. The van der Waals surface area contributed by atoms with Gasteiger partial charge in [0.2, 0.25) is 0 Å². The van der Waals surface area contributed by atoms with Crippen LogP contribution < -0.4 is 0 Å². The topological polar surface area (TPSA) is 176 Å². The van der Waals surface area contributed by atoms with E-state index in [1.54, 1.807) is 27.0 Å². The fraction of sp³-hybridized carbons (Fsp3) is 0.821. The zero-order valence-corrected chi connectivity index (χ0v) is 31.2. The first-order chi connectivity index (χ1) is 24.8. The zero-order chi connectivity index (χ0) is 37.1. The summed E-state index contributed by atoms with van der Waals surface area (Å²) in [5.41, 5.74) is 1.93. The molecule has 1 aromatic rings. The molecule has 0 spiro atoms. The molecule has 2 saturated carbocycles. The van der Waals surface area contributed by atoms with Gasteiger partial charge in [-0.2, -0.15) is 0 Å². The highest BCUT2D eigenvalue weighted by atomic mass is 16.7. The SMILES string of the molecule is COC1CC(OC2C(O)CC(OC3C(O)CC(OC4CC5=CCC6C(=O)C(c7ccoc7C)CCC6C5(C)CC4O)OC3C)OC2C)OC(C)C1O. The minimum atomic E-state index is -0.936. The van der Waals surface area contributed by atoms with Crippen molar-refractivity contribution in [1.82, 2.24) is 0 Å². The summed E-state index contributed by atoms with van der Waals surface area (Å²) in [5.74, 6) is 1.04. The second-order valence-corrected chi connectivity index (χ2v) is 16.3. The molecule has 292 valence electrons. The quantitative estimate of drug-likeness (QED) is 0.286. The Morgan fingerprint density at radius 2 is 1.42 bits per heavy atom. The molecule has 13 nitrogen and oxygen atoms in total. The Labute approximate surface area is 305 Å². The molecule has 52 heavy (non-hydrogen) atoms. The molecule has 3 aliphatic heterocycles. The smallest absolute Gasteiger partial charge is 0.161 e. The lowest BCUT2D eigenvalue weighted by Gasteiger charge is -2.54. The van der Waals surface area contributed by atoms with E-state index in [2.05, 4.69) is 13.0 Å². The molecule has 3 aliphatic carbocycles. The lowest BCUT2D eigenvalue weighted by Crippen LogP contribution is -2.57. The second kappa shape index (κ2) is 15.4. The third kappa shape index (κ3) is 7.33. The molecule has 5 fully saturated rings. The van der Waals surface area contributed by atoms with Crippen molar-refractivity contribution in [2.45, 2.75) is 178 Å². The van der Waals surface area contributed by atoms with Gasteiger partial charge in [-0.3, -0.25) is 4.79 Å². The van der Waals surface area contributed by atoms with E-state index >= 15 is 0 Å². The average molecular weight is 735 g/mol. The van der Waals surface area contributed by atoms with Gasteiger partial charge in [-0.1, -0.05) is 18.6 Å². The Bertz CT molecular complexity index is 1410. The summed E-state index contributed by atoms with van der Waals surface area (Å²) >= 11 is 0. The van der Waals surface area contributed by atoms with Crippen LogP contribution in [0.4, 0.5) is 0 Å². The van der Waals surface area contributed by atoms with Crippen LogP contribution >= 0.6 is 0 Å². The maximum atomic E-state index is 13.8. The van der Waals surface area contributed by atoms with E-state index in [1.807, 2.05) is 13.0 Å². The number of hydrogen-bond acceptors (Lipinski definition) is 13. The van der Waals surface area contributed by atoms with E-state index < -0.39 is 86.0 Å². The molecule has 7 rings (SSSR count). The van der Waals surface area contributed by atoms with E-state index in [1.165, 1.54) is 12.7 Å². The Morgan fingerprint density at radius 1 is 0.808 bits per heavy atom. The van der Waals surface area contributed by atoms with Gasteiger partial charge in [0.15, 0.2) is 18.9 Å². The number of aliphatic hydroxyl groups excluding tert-OH is 4. The van der Waals surface area contributed by atoms with E-state index in [4.69, 9.17) is 37.6 Å². The summed E-state index contributed by atoms with van der Waals surface area (Å²) in [4.78, 5) is 13.8. The summed E-state index contributed by atoms with van der Waals surface area (Å²) < 4.78 is 47.7. The van der Waals surface area contributed by atoms with Crippen LogP contribution in [0, 0.1) is 24.2 Å². The predicted molar refractivity (Wildman–Crippen MR) is 184 cm³/mol. The normalized spacial score (nSPS) is 48.5. The number of rotatable bonds is 8. The van der Waals surface area contributed by atoms with Gasteiger partial charge in [0, 0.05) is 43.8 Å². The van der Waals surface area contributed by atoms with Crippen LogP contribution in [0.1, 0.15) is 96.3 Å². The number of carbonyl (C=O) groups is 1. The van der Waals surface area contributed by atoms with Crippen molar-refractivity contribution in [3.05, 3.63) is 35.3 Å². The third-order valence-electron chi connectivity index (χ3n) is 13.1. The molecule has 0 radical (unpaired) electrons. The number of aryl methyl sites for hydroxylation is 1. The predicted octanol–water partition coefficient (Wildman–Crippen LogP) is 3.42. The van der Waals surface area contributed by atoms with Crippen molar-refractivity contribution >= 4 is 5.78 Å². The summed E-state index contributed by atoms with van der Waals surface area (Å²) in [6.45, 7) is 9.45. The first-order valence-electron chi connectivity index (χ1n) is 19.2. The molecule has 4 N–H and O–H groups in total. The lowest BCUT2D eigenvalue weighted by atomic mass is 9.51. The Balaban J connectivity index is 0.915. The Morgan fingerprint density at radius 3 is 2.02 bits per heavy atom. The molecule has 18 atom stereocenters. The monoisotopic (exact) mass is 734 g/mol. The molecule has 0 aromatic carbocycles. The first-order valence-corrected chi connectivity index (χ1v) is 19.2. The summed E-state index contributed by atoms with van der Waals surface area (Å²) in [6, 6.07) is 1.93. The second-order valence-electron chi connectivity index (χ2n) is 16.3. The summed E-state index contributed by atoms with van der Waals surface area (Å²) in [7, 11) is 1.53. The van der Waals surface area contributed by atoms with Gasteiger partial charge >= 0.3 is 0 Å². The third-order valence-corrected chi connectivity index (χ3v) is 13.1. The highest BCUT2D eigenvalue weighted by Gasteiger charge is 2.55. The molecule has 13 heteroatoms. The zero-order valence-electron chi connectivity index (χ0n) is 31.2. The molecule has 3 saturated heterocycles. The number of allylic oxidation sites excluding steroid dienone is 1. The maximum absolute atomic E-state index is 13.8. The van der Waals surface area contributed by atoms with Crippen LogP contribution in [0.5, 0.6) is 0 Å². The van der Waals surface area contributed by atoms with Gasteiger partial charge in [0.05, 0.1) is 55.1 Å². The fourth-order valence-electron chi connectivity index (χ4n) is 10.1. The number of methoxy groups -OCH3 is 1. The first kappa shape index (κ1) is 38.5. The van der Waals surface area contributed by atoms with Gasteiger partial charge < -0.3 is 58.0 Å². The van der Waals surface area contributed by atoms with Crippen LogP contribution in [-0.2, 0) is 38.0 Å². The van der Waals surface area contributed by atoms with Gasteiger partial charge in [-0.15, -0.1) is 0 Å². The van der Waals surface area contributed by atoms with Crippen molar-refractivity contribution in [2.75, 3.05) is 7.11 Å². The molecule has 18 unspecified atom stereocenters. The standard InChI is InChI=1S/C39H58O13/c1-18-23(11-12-46-18)24-9-10-26-25(36(24)44)8-7-22-13-30(29(42)17-39(22,26)5)50-32-14-27(40)37(20(3)48-32)51-33-15-28(41)38(21(4)49-33)52-34-16-31(45-6)35(43)19(2)47-34/h7,11-12,19-21,24-35,37-38,40-43H,8-10,13-17H2,1-6H3. The van der Waals surface area contributed by atoms with Gasteiger partial charge in [0.1, 0.15) is 29.9 Å². The number of furan rings is 1. The minimum absolute atomic E-state index is 0.0786. The van der Waals surface area contributed by atoms with Crippen LogP contribution in [0.25, 0.3) is 0 Å². The van der Waals surface area contributed by atoms with Crippen LogP contribution in [0.3, 0.4) is 0 Å². The summed E-state index contributed by atoms with van der Waals surface area (Å²) in [6.07, 6.45) is -1.76. The number of ketones is 1. The van der Waals surface area contributed by atoms with Gasteiger partial charge in [0.25, 0.3) is 0 Å². The van der Waals surface area contributed by atoms with Crippen molar-refractivity contribution in [3.8, 4) is 0 Å². The minimum Gasteiger partial charge on any atom is -0.469 e. The Hall–Kier alpha value is -1.75. The van der Waals surface area contributed by atoms with E-state index in [0.717, 1.165) is 24.2 Å². The molecule has 1 aromatic heterocycles. The van der Waals surface area contributed by atoms with Crippen LogP contribution in [0.2, 0.25) is 0 Å². The van der Waals surface area contributed by atoms with Crippen molar-refractivity contribution in [2.24, 2.45) is 17.3 Å². The molecule has 6 aliphatic rings. The van der Waals surface area contributed by atoms with E-state index in [-0.39, 0.29) is 41.8 Å². The fourth-order valence-corrected chi connectivity index (χ4v) is 10.1. The molecular formula is C39H58O13. The van der Waals surface area contributed by atoms with Crippen molar-refractivity contribution in [3.63, 3.8) is 0 Å². The number of ether oxygens (including phenoxy) is 7. The van der Waals surface area contributed by atoms with Crippen LogP contribution in [0.15, 0.2) is 28.4 Å². The lowest BCUT2D eigenvalue weighted by molar-refractivity contribution is -0.337. The highest BCUT2D eigenvalue weighted by Crippen LogP contribution is 2.58. The number of aliphatic hydroxyl groups is 4. The molecular weight excluding hydrogens is 676 g/mol. The summed E-state index contributed by atoms with van der Waals surface area (Å²) in [5, 5.41) is 44.0. The number of fused-ring (bicyclic) bond motifs is 3. The number of carbonyl (C=O) groups excluding carboxylic acids is 1. The largest absolute Gasteiger partial charge is 0.469 e. The molecule has 4 heterocycles. The Kier molecular flexibility index (Phi) is 11.4. The van der Waals surface area contributed by atoms with E-state index in [0.29, 0.717) is 25.7 Å². The van der Waals surface area contributed by atoms with Crippen molar-refractivity contribution < 1.29 is 62.8 Å². The maximum Gasteiger partial charge on any atom is 0.161 e. The van der Waals surface area contributed by atoms with Crippen molar-refractivity contribution in [1.29, 1.82) is 0 Å². The number of Topliss-reactive ketones (excluding diaryl/α,β-unsaturated/α-hetero) is 1.